The van der Waals surface area contributed by atoms with Crippen LogP contribution in [0.3, 0.4) is 0 Å². The summed E-state index contributed by atoms with van der Waals surface area (Å²) in [4.78, 5) is 15.9. The second kappa shape index (κ2) is 6.09. The molecule has 2 rings (SSSR count). The zero-order chi connectivity index (χ0) is 15.4. The maximum atomic E-state index is 11.7. The number of aromatic nitrogens is 2. The molecule has 108 valence electrons. The standard InChI is InChI=1S/C15H15N3O3/c1-10-17-8-13(15(19)21-3)18(10)9-12-6-11(7-16)4-5-14(12)20-2/h4-6,8H,9H2,1-3H3. The highest BCUT2D eigenvalue weighted by Crippen LogP contribution is 2.22. The Labute approximate surface area is 122 Å². The van der Waals surface area contributed by atoms with Crippen LogP contribution in [0.4, 0.5) is 0 Å². The van der Waals surface area contributed by atoms with E-state index in [1.54, 1.807) is 36.8 Å². The van der Waals surface area contributed by atoms with Crippen molar-refractivity contribution >= 4 is 5.97 Å². The maximum absolute atomic E-state index is 11.7. The number of carbonyl (C=O) groups excluding carboxylic acids is 1. The van der Waals surface area contributed by atoms with Crippen LogP contribution in [0.25, 0.3) is 0 Å². The lowest BCUT2D eigenvalue weighted by Crippen LogP contribution is -2.13. The minimum atomic E-state index is -0.453. The molecule has 0 radical (unpaired) electrons. The topological polar surface area (TPSA) is 77.1 Å². The number of nitrogens with zero attached hydrogens (tertiary/aromatic N) is 3. The van der Waals surface area contributed by atoms with E-state index in [1.807, 2.05) is 0 Å². The Morgan fingerprint density at radius 3 is 2.81 bits per heavy atom. The Hall–Kier alpha value is -2.81. The van der Waals surface area contributed by atoms with Gasteiger partial charge < -0.3 is 14.0 Å². The van der Waals surface area contributed by atoms with Crippen LogP contribution < -0.4 is 4.74 Å². The summed E-state index contributed by atoms with van der Waals surface area (Å²) in [6.45, 7) is 2.17. The van der Waals surface area contributed by atoms with Crippen molar-refractivity contribution in [3.05, 3.63) is 47.0 Å². The number of esters is 1. The molecule has 0 bridgehead atoms. The predicted octanol–water partition coefficient (Wildman–Crippen LogP) is 1.91. The first-order valence-corrected chi connectivity index (χ1v) is 6.28. The fourth-order valence-corrected chi connectivity index (χ4v) is 2.08. The highest BCUT2D eigenvalue weighted by Gasteiger charge is 2.16. The van der Waals surface area contributed by atoms with E-state index in [0.717, 1.165) is 5.56 Å². The Kier molecular flexibility index (Phi) is 4.24. The summed E-state index contributed by atoms with van der Waals surface area (Å²) in [5, 5.41) is 9.00. The first-order valence-electron chi connectivity index (χ1n) is 6.28. The van der Waals surface area contributed by atoms with E-state index in [1.165, 1.54) is 13.3 Å². The summed E-state index contributed by atoms with van der Waals surface area (Å²) < 4.78 is 11.8. The molecule has 0 unspecified atom stereocenters. The zero-order valence-electron chi connectivity index (χ0n) is 12.1. The van der Waals surface area contributed by atoms with Crippen LogP contribution in [0, 0.1) is 18.3 Å². The van der Waals surface area contributed by atoms with E-state index in [2.05, 4.69) is 11.1 Å². The summed E-state index contributed by atoms with van der Waals surface area (Å²) in [6.07, 6.45) is 1.47. The highest BCUT2D eigenvalue weighted by atomic mass is 16.5. The molecule has 0 spiro atoms. The molecule has 6 heteroatoms. The SMILES string of the molecule is COC(=O)c1cnc(C)n1Cc1cc(C#N)ccc1OC. The molecule has 0 amide bonds. The van der Waals surface area contributed by atoms with Gasteiger partial charge in [0, 0.05) is 5.56 Å². The van der Waals surface area contributed by atoms with E-state index in [4.69, 9.17) is 14.7 Å². The van der Waals surface area contributed by atoms with Gasteiger partial charge in [-0.2, -0.15) is 5.26 Å². The first-order chi connectivity index (χ1) is 10.1. The number of hydrogen-bond donors (Lipinski definition) is 0. The largest absolute Gasteiger partial charge is 0.496 e. The molecule has 0 fully saturated rings. The van der Waals surface area contributed by atoms with Gasteiger partial charge in [0.25, 0.3) is 0 Å². The Morgan fingerprint density at radius 2 is 2.19 bits per heavy atom. The van der Waals surface area contributed by atoms with Gasteiger partial charge >= 0.3 is 5.97 Å². The van der Waals surface area contributed by atoms with E-state index in [9.17, 15) is 4.79 Å². The van der Waals surface area contributed by atoms with E-state index >= 15 is 0 Å². The lowest BCUT2D eigenvalue weighted by atomic mass is 10.1. The molecule has 1 aromatic heterocycles. The zero-order valence-corrected chi connectivity index (χ0v) is 12.1. The van der Waals surface area contributed by atoms with Crippen LogP contribution in [-0.4, -0.2) is 29.7 Å². The van der Waals surface area contributed by atoms with Gasteiger partial charge in [0.05, 0.1) is 38.6 Å². The maximum Gasteiger partial charge on any atom is 0.356 e. The third-order valence-electron chi connectivity index (χ3n) is 3.19. The minimum absolute atomic E-state index is 0.361. The molecule has 1 heterocycles. The molecule has 1 aromatic carbocycles. The van der Waals surface area contributed by atoms with Gasteiger partial charge in [0.2, 0.25) is 0 Å². The lowest BCUT2D eigenvalue weighted by Gasteiger charge is -2.12. The lowest BCUT2D eigenvalue weighted by molar-refractivity contribution is 0.0588. The number of rotatable bonds is 4. The van der Waals surface area contributed by atoms with Crippen molar-refractivity contribution in [2.45, 2.75) is 13.5 Å². The van der Waals surface area contributed by atoms with Crippen molar-refractivity contribution in [2.24, 2.45) is 0 Å². The number of ether oxygens (including phenoxy) is 2. The van der Waals surface area contributed by atoms with E-state index in [0.29, 0.717) is 29.4 Å². The van der Waals surface area contributed by atoms with Crippen LogP contribution in [-0.2, 0) is 11.3 Å². The molecule has 0 saturated heterocycles. The third kappa shape index (κ3) is 2.87. The molecule has 0 N–H and O–H groups in total. The van der Waals surface area contributed by atoms with Gasteiger partial charge in [-0.25, -0.2) is 9.78 Å². The number of nitriles is 1. The summed E-state index contributed by atoms with van der Waals surface area (Å²) in [5.41, 5.74) is 1.69. The normalized spacial score (nSPS) is 10.0. The van der Waals surface area contributed by atoms with Crippen LogP contribution >= 0.6 is 0 Å². The van der Waals surface area contributed by atoms with Gasteiger partial charge in [0.15, 0.2) is 0 Å². The van der Waals surface area contributed by atoms with Crippen molar-refractivity contribution < 1.29 is 14.3 Å². The fourth-order valence-electron chi connectivity index (χ4n) is 2.08. The first kappa shape index (κ1) is 14.6. The molecule has 0 aliphatic rings. The second-order valence-electron chi connectivity index (χ2n) is 4.41. The molecule has 0 saturated carbocycles. The van der Waals surface area contributed by atoms with Gasteiger partial charge in [0.1, 0.15) is 17.3 Å². The van der Waals surface area contributed by atoms with Gasteiger partial charge in [-0.1, -0.05) is 0 Å². The minimum Gasteiger partial charge on any atom is -0.496 e. The van der Waals surface area contributed by atoms with Crippen LogP contribution in [0.15, 0.2) is 24.4 Å². The molecular formula is C15H15N3O3. The van der Waals surface area contributed by atoms with Crippen molar-refractivity contribution in [1.82, 2.24) is 9.55 Å². The van der Waals surface area contributed by atoms with E-state index < -0.39 is 5.97 Å². The van der Waals surface area contributed by atoms with Crippen molar-refractivity contribution in [3.63, 3.8) is 0 Å². The van der Waals surface area contributed by atoms with Gasteiger partial charge in [-0.15, -0.1) is 0 Å². The Balaban J connectivity index is 2.45. The summed E-state index contributed by atoms with van der Waals surface area (Å²) in [7, 11) is 2.89. The second-order valence-corrected chi connectivity index (χ2v) is 4.41. The molecule has 0 aliphatic carbocycles. The smallest absolute Gasteiger partial charge is 0.356 e. The Bertz CT molecular complexity index is 713. The molecule has 21 heavy (non-hydrogen) atoms. The summed E-state index contributed by atoms with van der Waals surface area (Å²) >= 11 is 0. The predicted molar refractivity (Wildman–Crippen MR) is 75.1 cm³/mol. The molecule has 2 aromatic rings. The fraction of sp³-hybridized carbons (Fsp3) is 0.267. The number of methoxy groups -OCH3 is 2. The molecule has 0 aliphatic heterocycles. The average molecular weight is 285 g/mol. The number of aryl methyl sites for hydroxylation is 1. The van der Waals surface area contributed by atoms with Crippen molar-refractivity contribution in [2.75, 3.05) is 14.2 Å². The summed E-state index contributed by atoms with van der Waals surface area (Å²) in [5.74, 6) is 0.878. The average Bonchev–Trinajstić information content (AvgIpc) is 2.87. The van der Waals surface area contributed by atoms with Gasteiger partial charge in [-0.3, -0.25) is 0 Å². The van der Waals surface area contributed by atoms with Crippen molar-refractivity contribution in [3.8, 4) is 11.8 Å². The quantitative estimate of drug-likeness (QED) is 0.802. The Morgan fingerprint density at radius 1 is 1.43 bits per heavy atom. The van der Waals surface area contributed by atoms with Crippen molar-refractivity contribution in [1.29, 1.82) is 5.26 Å². The molecule has 0 atom stereocenters. The van der Waals surface area contributed by atoms with Gasteiger partial charge in [-0.05, 0) is 25.1 Å². The monoisotopic (exact) mass is 285 g/mol. The number of carbonyl (C=O) groups is 1. The van der Waals surface area contributed by atoms with E-state index in [-0.39, 0.29) is 0 Å². The molecule has 6 nitrogen and oxygen atoms in total. The van der Waals surface area contributed by atoms with Crippen LogP contribution in [0.5, 0.6) is 5.75 Å². The number of imidazole rings is 1. The number of hydrogen-bond acceptors (Lipinski definition) is 5. The third-order valence-corrected chi connectivity index (χ3v) is 3.19. The molecular weight excluding hydrogens is 270 g/mol. The highest BCUT2D eigenvalue weighted by molar-refractivity contribution is 5.87. The number of benzene rings is 1. The van der Waals surface area contributed by atoms with Crippen LogP contribution in [0.1, 0.15) is 27.4 Å². The van der Waals surface area contributed by atoms with Crippen LogP contribution in [0.2, 0.25) is 0 Å². The summed E-state index contributed by atoms with van der Waals surface area (Å²) in [6, 6.07) is 7.24.